The number of nitrogens with one attached hydrogen (secondary N) is 1. The number of anilines is 1. The van der Waals surface area contributed by atoms with Crippen molar-refractivity contribution in [3.63, 3.8) is 0 Å². The van der Waals surface area contributed by atoms with Gasteiger partial charge in [0.2, 0.25) is 0 Å². The minimum Gasteiger partial charge on any atom is -0.497 e. The van der Waals surface area contributed by atoms with E-state index in [1.807, 2.05) is 30.5 Å². The van der Waals surface area contributed by atoms with Gasteiger partial charge in [0.15, 0.2) is 0 Å². The van der Waals surface area contributed by atoms with E-state index in [2.05, 4.69) is 10.3 Å². The number of nitrogens with zero attached hydrogens (tertiary/aromatic N) is 1. The molecule has 0 spiro atoms. The Kier molecular flexibility index (Phi) is 4.48. The lowest BCUT2D eigenvalue weighted by molar-refractivity contribution is -0.000554. The summed E-state index contributed by atoms with van der Waals surface area (Å²) in [7, 11) is 1.67. The molecule has 1 aliphatic rings. The molecule has 1 aromatic heterocycles. The first kappa shape index (κ1) is 15.1. The van der Waals surface area contributed by atoms with Gasteiger partial charge >= 0.3 is 0 Å². The highest BCUT2D eigenvalue weighted by molar-refractivity contribution is 5.92. The van der Waals surface area contributed by atoms with E-state index in [1.165, 1.54) is 6.42 Å². The largest absolute Gasteiger partial charge is 0.497 e. The van der Waals surface area contributed by atoms with Crippen LogP contribution in [-0.2, 0) is 0 Å². The molecule has 4 nitrogen and oxygen atoms in total. The Hall–Kier alpha value is -1.81. The van der Waals surface area contributed by atoms with E-state index in [9.17, 15) is 5.11 Å². The molecule has 1 fully saturated rings. The number of benzene rings is 1. The van der Waals surface area contributed by atoms with E-state index < -0.39 is 5.60 Å². The Morgan fingerprint density at radius 1 is 1.23 bits per heavy atom. The Morgan fingerprint density at radius 2 is 2.05 bits per heavy atom. The molecule has 0 bridgehead atoms. The van der Waals surface area contributed by atoms with Crippen molar-refractivity contribution in [3.8, 4) is 5.75 Å². The summed E-state index contributed by atoms with van der Waals surface area (Å²) >= 11 is 0. The number of aliphatic hydroxyl groups is 1. The number of ether oxygens (including phenoxy) is 1. The third-order valence-corrected chi connectivity index (χ3v) is 4.64. The number of fused-ring (bicyclic) bond motifs is 1. The summed E-state index contributed by atoms with van der Waals surface area (Å²) in [6.07, 6.45) is 7.96. The van der Waals surface area contributed by atoms with Gasteiger partial charge in [-0.15, -0.1) is 0 Å². The first-order valence-electron chi connectivity index (χ1n) is 8.09. The third-order valence-electron chi connectivity index (χ3n) is 4.64. The van der Waals surface area contributed by atoms with E-state index >= 15 is 0 Å². The standard InChI is InChI=1S/C18H24N2O2/c1-22-15-6-5-14-7-11-19-17(16(14)13-15)20-12-10-18(21)8-3-2-4-9-18/h5-7,11,13,21H,2-4,8-10,12H2,1H3,(H,19,20). The zero-order chi connectivity index (χ0) is 15.4. The fourth-order valence-corrected chi connectivity index (χ4v) is 3.29. The normalized spacial score (nSPS) is 17.4. The van der Waals surface area contributed by atoms with E-state index in [1.54, 1.807) is 7.11 Å². The predicted molar refractivity (Wildman–Crippen MR) is 89.4 cm³/mol. The highest BCUT2D eigenvalue weighted by atomic mass is 16.5. The molecule has 1 saturated carbocycles. The van der Waals surface area contributed by atoms with Gasteiger partial charge in [-0.25, -0.2) is 4.98 Å². The minimum absolute atomic E-state index is 0.493. The smallest absolute Gasteiger partial charge is 0.133 e. The molecule has 0 saturated heterocycles. The van der Waals surface area contributed by atoms with Gasteiger partial charge in [-0.05, 0) is 42.8 Å². The van der Waals surface area contributed by atoms with Crippen LogP contribution in [0.1, 0.15) is 38.5 Å². The number of pyridine rings is 1. The summed E-state index contributed by atoms with van der Waals surface area (Å²) in [5.74, 6) is 1.69. The fraction of sp³-hybridized carbons (Fsp3) is 0.500. The van der Waals surface area contributed by atoms with Crippen molar-refractivity contribution in [1.29, 1.82) is 0 Å². The Balaban J connectivity index is 1.70. The van der Waals surface area contributed by atoms with Crippen molar-refractivity contribution in [2.75, 3.05) is 19.0 Å². The van der Waals surface area contributed by atoms with Crippen LogP contribution in [0.3, 0.4) is 0 Å². The number of hydrogen-bond donors (Lipinski definition) is 2. The zero-order valence-corrected chi connectivity index (χ0v) is 13.1. The number of hydrogen-bond acceptors (Lipinski definition) is 4. The number of rotatable bonds is 5. The van der Waals surface area contributed by atoms with Gasteiger partial charge in [0.05, 0.1) is 12.7 Å². The molecule has 0 amide bonds. The molecule has 2 aromatic rings. The first-order chi connectivity index (χ1) is 10.7. The lowest BCUT2D eigenvalue weighted by atomic mass is 9.82. The molecule has 3 rings (SSSR count). The van der Waals surface area contributed by atoms with Crippen molar-refractivity contribution in [2.45, 2.75) is 44.1 Å². The zero-order valence-electron chi connectivity index (χ0n) is 13.1. The summed E-state index contributed by atoms with van der Waals surface area (Å²) in [6.45, 7) is 0.736. The van der Waals surface area contributed by atoms with Gasteiger partial charge in [0, 0.05) is 18.1 Å². The molecule has 1 aromatic carbocycles. The van der Waals surface area contributed by atoms with Crippen molar-refractivity contribution >= 4 is 16.6 Å². The molecule has 0 unspecified atom stereocenters. The lowest BCUT2D eigenvalue weighted by Crippen LogP contribution is -2.33. The van der Waals surface area contributed by atoms with Crippen LogP contribution < -0.4 is 10.1 Å². The monoisotopic (exact) mass is 300 g/mol. The van der Waals surface area contributed by atoms with Crippen LogP contribution in [0.4, 0.5) is 5.82 Å². The van der Waals surface area contributed by atoms with Crippen LogP contribution >= 0.6 is 0 Å². The van der Waals surface area contributed by atoms with Crippen LogP contribution in [-0.4, -0.2) is 29.3 Å². The summed E-state index contributed by atoms with van der Waals surface area (Å²) < 4.78 is 5.30. The van der Waals surface area contributed by atoms with Crippen molar-refractivity contribution in [3.05, 3.63) is 30.5 Å². The first-order valence-corrected chi connectivity index (χ1v) is 8.09. The van der Waals surface area contributed by atoms with E-state index in [0.717, 1.165) is 61.0 Å². The molecule has 1 heterocycles. The molecule has 2 N–H and O–H groups in total. The summed E-state index contributed by atoms with van der Waals surface area (Å²) in [5.41, 5.74) is -0.493. The second-order valence-electron chi connectivity index (χ2n) is 6.21. The molecule has 1 aliphatic carbocycles. The molecule has 0 atom stereocenters. The maximum absolute atomic E-state index is 10.6. The Labute approximate surface area is 131 Å². The van der Waals surface area contributed by atoms with Crippen LogP contribution in [0.25, 0.3) is 10.8 Å². The van der Waals surface area contributed by atoms with Gasteiger partial charge in [-0.3, -0.25) is 0 Å². The van der Waals surface area contributed by atoms with E-state index in [-0.39, 0.29) is 0 Å². The van der Waals surface area contributed by atoms with E-state index in [0.29, 0.717) is 0 Å². The predicted octanol–water partition coefficient (Wildman–Crippen LogP) is 3.74. The van der Waals surface area contributed by atoms with Gasteiger partial charge in [-0.2, -0.15) is 0 Å². The minimum atomic E-state index is -0.493. The molecule has 118 valence electrons. The molecule has 0 aliphatic heterocycles. The number of methoxy groups -OCH3 is 1. The van der Waals surface area contributed by atoms with Gasteiger partial charge in [-0.1, -0.05) is 25.3 Å². The highest BCUT2D eigenvalue weighted by Gasteiger charge is 2.28. The summed E-state index contributed by atoms with van der Waals surface area (Å²) in [4.78, 5) is 4.44. The second-order valence-corrected chi connectivity index (χ2v) is 6.21. The molecular formula is C18H24N2O2. The van der Waals surface area contributed by atoms with Crippen LogP contribution in [0.2, 0.25) is 0 Å². The maximum atomic E-state index is 10.6. The van der Waals surface area contributed by atoms with Gasteiger partial charge < -0.3 is 15.2 Å². The van der Waals surface area contributed by atoms with Crippen LogP contribution in [0.15, 0.2) is 30.5 Å². The summed E-state index contributed by atoms with van der Waals surface area (Å²) in [6, 6.07) is 7.99. The topological polar surface area (TPSA) is 54.4 Å². The van der Waals surface area contributed by atoms with Gasteiger partial charge in [0.25, 0.3) is 0 Å². The molecule has 0 radical (unpaired) electrons. The second kappa shape index (κ2) is 6.53. The fourth-order valence-electron chi connectivity index (χ4n) is 3.29. The molecular weight excluding hydrogens is 276 g/mol. The highest BCUT2D eigenvalue weighted by Crippen LogP contribution is 2.31. The Bertz CT molecular complexity index is 636. The SMILES string of the molecule is COc1ccc2ccnc(NCCC3(O)CCCCC3)c2c1. The van der Waals surface area contributed by atoms with Crippen LogP contribution in [0.5, 0.6) is 5.75 Å². The van der Waals surface area contributed by atoms with Crippen LogP contribution in [0, 0.1) is 0 Å². The average Bonchev–Trinajstić information content (AvgIpc) is 2.55. The van der Waals surface area contributed by atoms with Crippen molar-refractivity contribution in [2.24, 2.45) is 0 Å². The average molecular weight is 300 g/mol. The van der Waals surface area contributed by atoms with Gasteiger partial charge in [0.1, 0.15) is 11.6 Å². The quantitative estimate of drug-likeness (QED) is 0.883. The third kappa shape index (κ3) is 3.33. The summed E-state index contributed by atoms with van der Waals surface area (Å²) in [5, 5.41) is 16.1. The van der Waals surface area contributed by atoms with Crippen molar-refractivity contribution in [1.82, 2.24) is 4.98 Å². The molecule has 22 heavy (non-hydrogen) atoms. The van der Waals surface area contributed by atoms with E-state index in [4.69, 9.17) is 4.74 Å². The molecule has 4 heteroatoms. The number of aromatic nitrogens is 1. The maximum Gasteiger partial charge on any atom is 0.133 e. The van der Waals surface area contributed by atoms with Crippen molar-refractivity contribution < 1.29 is 9.84 Å². The lowest BCUT2D eigenvalue weighted by Gasteiger charge is -2.32. The Morgan fingerprint density at radius 3 is 2.82 bits per heavy atom.